The molecule has 0 saturated heterocycles. The Morgan fingerprint density at radius 3 is 1.71 bits per heavy atom. The molecule has 3 aromatic carbocycles. The van der Waals surface area contributed by atoms with Crippen LogP contribution in [0.5, 0.6) is 5.75 Å². The molecule has 0 bridgehead atoms. The first-order valence-corrected chi connectivity index (χ1v) is 7.92. The Kier molecular flexibility index (Phi) is 5.26. The van der Waals surface area contributed by atoms with Gasteiger partial charge in [-0.25, -0.2) is 0 Å². The molecule has 3 heteroatoms. The number of hydrogen-bond acceptors (Lipinski definition) is 3. The third-order valence-corrected chi connectivity index (χ3v) is 3.91. The van der Waals surface area contributed by atoms with Gasteiger partial charge in [-0.1, -0.05) is 72.8 Å². The van der Waals surface area contributed by atoms with E-state index in [1.807, 2.05) is 48.5 Å². The van der Waals surface area contributed by atoms with E-state index in [0.29, 0.717) is 17.7 Å². The van der Waals surface area contributed by atoms with Crippen molar-refractivity contribution in [2.24, 2.45) is 0 Å². The summed E-state index contributed by atoms with van der Waals surface area (Å²) in [6.45, 7) is 0.495. The smallest absolute Gasteiger partial charge is 0.119 e. The number of rotatable bonds is 6. The Morgan fingerprint density at radius 1 is 0.625 bits per heavy atom. The highest BCUT2D eigenvalue weighted by Gasteiger charge is 2.19. The average molecular weight is 320 g/mol. The van der Waals surface area contributed by atoms with Gasteiger partial charge in [0.2, 0.25) is 0 Å². The lowest BCUT2D eigenvalue weighted by molar-refractivity contribution is 0.0172. The van der Waals surface area contributed by atoms with E-state index in [9.17, 15) is 10.2 Å². The lowest BCUT2D eigenvalue weighted by Gasteiger charge is -2.19. The van der Waals surface area contributed by atoms with Crippen LogP contribution in [0.15, 0.2) is 84.9 Å². The van der Waals surface area contributed by atoms with Crippen molar-refractivity contribution in [1.82, 2.24) is 0 Å². The normalized spacial score (nSPS) is 13.2. The number of ether oxygens (including phenoxy) is 1. The minimum absolute atomic E-state index is 0.495. The fraction of sp³-hybridized carbons (Fsp3) is 0.143. The summed E-state index contributed by atoms with van der Waals surface area (Å²) < 4.78 is 5.73. The molecule has 122 valence electrons. The molecular weight excluding hydrogens is 300 g/mol. The molecule has 0 heterocycles. The second-order valence-electron chi connectivity index (χ2n) is 5.64. The van der Waals surface area contributed by atoms with Gasteiger partial charge in [-0.2, -0.15) is 0 Å². The molecule has 0 aliphatic rings. The zero-order chi connectivity index (χ0) is 16.8. The van der Waals surface area contributed by atoms with Crippen LogP contribution in [0.1, 0.15) is 28.9 Å². The Labute approximate surface area is 141 Å². The molecule has 0 aliphatic heterocycles. The van der Waals surface area contributed by atoms with Crippen LogP contribution in [0, 0.1) is 0 Å². The molecule has 0 aromatic heterocycles. The Bertz CT molecular complexity index is 739. The monoisotopic (exact) mass is 320 g/mol. The second kappa shape index (κ2) is 7.77. The molecule has 0 amide bonds. The third-order valence-electron chi connectivity index (χ3n) is 3.91. The fourth-order valence-corrected chi connectivity index (χ4v) is 2.52. The Hall–Kier alpha value is -2.62. The zero-order valence-corrected chi connectivity index (χ0v) is 13.2. The van der Waals surface area contributed by atoms with Gasteiger partial charge in [0.05, 0.1) is 0 Å². The van der Waals surface area contributed by atoms with Crippen molar-refractivity contribution in [3.8, 4) is 5.75 Å². The van der Waals surface area contributed by atoms with Crippen molar-refractivity contribution in [3.05, 3.63) is 102 Å². The van der Waals surface area contributed by atoms with Gasteiger partial charge in [0.15, 0.2) is 0 Å². The second-order valence-corrected chi connectivity index (χ2v) is 5.64. The van der Waals surface area contributed by atoms with Crippen LogP contribution in [0.4, 0.5) is 0 Å². The summed E-state index contributed by atoms with van der Waals surface area (Å²) in [5.41, 5.74) is 2.44. The summed E-state index contributed by atoms with van der Waals surface area (Å²) in [5, 5.41) is 20.6. The molecule has 3 aromatic rings. The highest BCUT2D eigenvalue weighted by Crippen LogP contribution is 2.29. The van der Waals surface area contributed by atoms with Crippen LogP contribution < -0.4 is 4.74 Å². The maximum Gasteiger partial charge on any atom is 0.119 e. The van der Waals surface area contributed by atoms with Gasteiger partial charge in [-0.05, 0) is 28.8 Å². The maximum atomic E-state index is 10.4. The summed E-state index contributed by atoms with van der Waals surface area (Å²) in [6, 6.07) is 26.2. The largest absolute Gasteiger partial charge is 0.489 e. The third kappa shape index (κ3) is 4.02. The van der Waals surface area contributed by atoms with Crippen molar-refractivity contribution in [1.29, 1.82) is 0 Å². The number of aliphatic hydroxyl groups is 2. The van der Waals surface area contributed by atoms with Crippen molar-refractivity contribution < 1.29 is 14.9 Å². The van der Waals surface area contributed by atoms with Gasteiger partial charge in [0.1, 0.15) is 24.6 Å². The molecule has 2 unspecified atom stereocenters. The first-order chi connectivity index (χ1) is 11.7. The summed E-state index contributed by atoms with van der Waals surface area (Å²) in [6.07, 6.45) is -1.93. The summed E-state index contributed by atoms with van der Waals surface area (Å²) in [7, 11) is 0. The molecule has 2 atom stereocenters. The van der Waals surface area contributed by atoms with E-state index in [1.54, 1.807) is 36.4 Å². The van der Waals surface area contributed by atoms with E-state index < -0.39 is 12.2 Å². The van der Waals surface area contributed by atoms with E-state index in [-0.39, 0.29) is 0 Å². The lowest BCUT2D eigenvalue weighted by atomic mass is 9.98. The maximum absolute atomic E-state index is 10.4. The number of hydrogen-bond donors (Lipinski definition) is 2. The first kappa shape index (κ1) is 16.2. The highest BCUT2D eigenvalue weighted by molar-refractivity contribution is 5.31. The van der Waals surface area contributed by atoms with Crippen LogP contribution in [0.25, 0.3) is 0 Å². The van der Waals surface area contributed by atoms with Crippen LogP contribution in [0.2, 0.25) is 0 Å². The van der Waals surface area contributed by atoms with E-state index >= 15 is 0 Å². The number of benzene rings is 3. The van der Waals surface area contributed by atoms with E-state index in [2.05, 4.69) is 0 Å². The van der Waals surface area contributed by atoms with Gasteiger partial charge >= 0.3 is 0 Å². The molecule has 0 fully saturated rings. The predicted octanol–water partition coefficient (Wildman–Crippen LogP) is 4.03. The summed E-state index contributed by atoms with van der Waals surface area (Å²) in [5.74, 6) is 0.726. The van der Waals surface area contributed by atoms with Crippen molar-refractivity contribution in [3.63, 3.8) is 0 Å². The van der Waals surface area contributed by atoms with Gasteiger partial charge in [0.25, 0.3) is 0 Å². The average Bonchev–Trinajstić information content (AvgIpc) is 2.67. The van der Waals surface area contributed by atoms with Crippen molar-refractivity contribution >= 4 is 0 Å². The van der Waals surface area contributed by atoms with Crippen LogP contribution in [0.3, 0.4) is 0 Å². The Morgan fingerprint density at radius 2 is 1.12 bits per heavy atom. The van der Waals surface area contributed by atoms with Crippen molar-refractivity contribution in [2.45, 2.75) is 18.8 Å². The standard InChI is InChI=1S/C21H20O3/c22-20(17-9-5-2-6-10-17)21(23)18-11-13-19(14-12-18)24-15-16-7-3-1-4-8-16/h1-14,20-23H,15H2. The molecule has 3 nitrogen and oxygen atoms in total. The SMILES string of the molecule is OC(c1ccccc1)C(O)c1ccc(OCc2ccccc2)cc1. The zero-order valence-electron chi connectivity index (χ0n) is 13.2. The first-order valence-electron chi connectivity index (χ1n) is 7.92. The van der Waals surface area contributed by atoms with Gasteiger partial charge in [-0.3, -0.25) is 0 Å². The van der Waals surface area contributed by atoms with Crippen LogP contribution >= 0.6 is 0 Å². The van der Waals surface area contributed by atoms with E-state index in [1.165, 1.54) is 0 Å². The molecule has 0 radical (unpaired) electrons. The fourth-order valence-electron chi connectivity index (χ4n) is 2.52. The molecule has 0 aliphatic carbocycles. The number of aliphatic hydroxyl groups excluding tert-OH is 2. The molecule has 0 saturated carbocycles. The molecular formula is C21H20O3. The molecule has 0 spiro atoms. The Balaban J connectivity index is 1.63. The minimum atomic E-state index is -0.976. The van der Waals surface area contributed by atoms with Crippen LogP contribution in [-0.4, -0.2) is 10.2 Å². The molecule has 2 N–H and O–H groups in total. The topological polar surface area (TPSA) is 49.7 Å². The highest BCUT2D eigenvalue weighted by atomic mass is 16.5. The van der Waals surface area contributed by atoms with Crippen LogP contribution in [-0.2, 0) is 6.61 Å². The van der Waals surface area contributed by atoms with Crippen molar-refractivity contribution in [2.75, 3.05) is 0 Å². The predicted molar refractivity (Wildman–Crippen MR) is 93.6 cm³/mol. The van der Waals surface area contributed by atoms with Gasteiger partial charge < -0.3 is 14.9 Å². The van der Waals surface area contributed by atoms with E-state index in [4.69, 9.17) is 4.74 Å². The minimum Gasteiger partial charge on any atom is -0.489 e. The molecule has 3 rings (SSSR count). The van der Waals surface area contributed by atoms with E-state index in [0.717, 1.165) is 11.3 Å². The lowest BCUT2D eigenvalue weighted by Crippen LogP contribution is -2.10. The van der Waals surface area contributed by atoms with Gasteiger partial charge in [0, 0.05) is 0 Å². The summed E-state index contributed by atoms with van der Waals surface area (Å²) in [4.78, 5) is 0. The quantitative estimate of drug-likeness (QED) is 0.721. The summed E-state index contributed by atoms with van der Waals surface area (Å²) >= 11 is 0. The van der Waals surface area contributed by atoms with Gasteiger partial charge in [-0.15, -0.1) is 0 Å². The molecule has 24 heavy (non-hydrogen) atoms.